The molecule has 0 bridgehead atoms. The molecule has 0 aliphatic carbocycles. The largest absolute Gasteiger partial charge is 0.493 e. The fourth-order valence-electron chi connectivity index (χ4n) is 1.36. The monoisotopic (exact) mass is 302 g/mol. The van der Waals surface area contributed by atoms with E-state index in [1.807, 2.05) is 0 Å². The SMILES string of the molecule is COc1cc(Cl)cnc1NS(=O)(=O)c1cn(C)cn1. The highest BCUT2D eigenvalue weighted by Gasteiger charge is 2.20. The van der Waals surface area contributed by atoms with Crippen LogP contribution in [0.3, 0.4) is 0 Å². The van der Waals surface area contributed by atoms with Gasteiger partial charge >= 0.3 is 0 Å². The van der Waals surface area contributed by atoms with Gasteiger partial charge in [0.25, 0.3) is 10.0 Å². The van der Waals surface area contributed by atoms with Gasteiger partial charge < -0.3 is 9.30 Å². The predicted octanol–water partition coefficient (Wildman–Crippen LogP) is 1.28. The zero-order valence-electron chi connectivity index (χ0n) is 10.2. The Labute approximate surface area is 115 Å². The van der Waals surface area contributed by atoms with E-state index in [-0.39, 0.29) is 16.6 Å². The van der Waals surface area contributed by atoms with E-state index in [1.165, 1.54) is 36.5 Å². The fraction of sp³-hybridized carbons (Fsp3) is 0.200. The van der Waals surface area contributed by atoms with E-state index in [2.05, 4.69) is 14.7 Å². The Balaban J connectivity index is 2.35. The van der Waals surface area contributed by atoms with Crippen LogP contribution in [0.2, 0.25) is 5.02 Å². The molecule has 19 heavy (non-hydrogen) atoms. The average molecular weight is 303 g/mol. The van der Waals surface area contributed by atoms with Crippen LogP contribution in [0.4, 0.5) is 5.82 Å². The first-order valence-electron chi connectivity index (χ1n) is 5.12. The lowest BCUT2D eigenvalue weighted by atomic mass is 10.4. The van der Waals surface area contributed by atoms with E-state index in [9.17, 15) is 8.42 Å². The summed E-state index contributed by atoms with van der Waals surface area (Å²) in [5, 5.41) is 0.242. The average Bonchev–Trinajstić information content (AvgIpc) is 2.79. The van der Waals surface area contributed by atoms with Crippen LogP contribution < -0.4 is 9.46 Å². The second-order valence-electron chi connectivity index (χ2n) is 3.69. The zero-order valence-corrected chi connectivity index (χ0v) is 11.7. The second-order valence-corrected chi connectivity index (χ2v) is 5.75. The lowest BCUT2D eigenvalue weighted by molar-refractivity contribution is 0.415. The van der Waals surface area contributed by atoms with Crippen LogP contribution in [0.5, 0.6) is 5.75 Å². The maximum Gasteiger partial charge on any atom is 0.282 e. The smallest absolute Gasteiger partial charge is 0.282 e. The van der Waals surface area contributed by atoms with Crippen molar-refractivity contribution in [1.82, 2.24) is 14.5 Å². The molecule has 0 saturated heterocycles. The van der Waals surface area contributed by atoms with Crippen LogP contribution in [0.1, 0.15) is 0 Å². The standard InChI is InChI=1S/C10H11ClN4O3S/c1-15-5-9(13-6-15)19(16,17)14-10-8(18-2)3-7(11)4-12-10/h3-6H,1-2H3,(H,12,14). The third kappa shape index (κ3) is 2.96. The van der Waals surface area contributed by atoms with E-state index in [0.29, 0.717) is 5.02 Å². The predicted molar refractivity (Wildman–Crippen MR) is 69.8 cm³/mol. The number of nitrogens with one attached hydrogen (secondary N) is 1. The van der Waals surface area contributed by atoms with Gasteiger partial charge in [0.2, 0.25) is 0 Å². The Bertz CT molecular complexity index is 699. The van der Waals surface area contributed by atoms with Crippen LogP contribution in [0.25, 0.3) is 0 Å². The Morgan fingerprint density at radius 1 is 1.42 bits per heavy atom. The van der Waals surface area contributed by atoms with Crippen molar-refractivity contribution < 1.29 is 13.2 Å². The lowest BCUT2D eigenvalue weighted by Gasteiger charge is -2.09. The molecule has 102 valence electrons. The van der Waals surface area contributed by atoms with E-state index < -0.39 is 10.0 Å². The van der Waals surface area contributed by atoms with Crippen molar-refractivity contribution in [3.05, 3.63) is 29.8 Å². The van der Waals surface area contributed by atoms with Crippen molar-refractivity contribution in [2.75, 3.05) is 11.8 Å². The molecule has 0 spiro atoms. The summed E-state index contributed by atoms with van der Waals surface area (Å²) in [4.78, 5) is 7.66. The first-order valence-corrected chi connectivity index (χ1v) is 6.99. The molecular formula is C10H11ClN4O3S. The highest BCUT2D eigenvalue weighted by Crippen LogP contribution is 2.26. The number of anilines is 1. The normalized spacial score (nSPS) is 11.3. The van der Waals surface area contributed by atoms with Gasteiger partial charge in [0.15, 0.2) is 16.6 Å². The molecule has 7 nitrogen and oxygen atoms in total. The molecule has 2 heterocycles. The molecule has 0 fully saturated rings. The van der Waals surface area contributed by atoms with Crippen molar-refractivity contribution in [1.29, 1.82) is 0 Å². The minimum atomic E-state index is -3.81. The Hall–Kier alpha value is -1.80. The number of rotatable bonds is 4. The maximum atomic E-state index is 12.1. The molecule has 0 unspecified atom stereocenters. The molecule has 2 rings (SSSR count). The van der Waals surface area contributed by atoms with Crippen molar-refractivity contribution in [2.24, 2.45) is 7.05 Å². The Morgan fingerprint density at radius 3 is 2.74 bits per heavy atom. The van der Waals surface area contributed by atoms with Gasteiger partial charge in [0.05, 0.1) is 18.5 Å². The molecule has 2 aromatic rings. The third-order valence-corrected chi connectivity index (χ3v) is 3.66. The van der Waals surface area contributed by atoms with Gasteiger partial charge in [0.1, 0.15) is 0 Å². The third-order valence-electron chi connectivity index (χ3n) is 2.23. The number of pyridine rings is 1. The molecule has 9 heteroatoms. The fourth-order valence-corrected chi connectivity index (χ4v) is 2.51. The van der Waals surface area contributed by atoms with Crippen LogP contribution in [0.15, 0.2) is 29.8 Å². The van der Waals surface area contributed by atoms with Crippen LogP contribution in [-0.2, 0) is 17.1 Å². The number of halogens is 1. The van der Waals surface area contributed by atoms with Crippen molar-refractivity contribution in [3.63, 3.8) is 0 Å². The summed E-state index contributed by atoms with van der Waals surface area (Å²) in [6.07, 6.45) is 4.09. The summed E-state index contributed by atoms with van der Waals surface area (Å²) in [5.74, 6) is 0.282. The van der Waals surface area contributed by atoms with E-state index in [4.69, 9.17) is 16.3 Å². The number of nitrogens with zero attached hydrogens (tertiary/aromatic N) is 3. The van der Waals surface area contributed by atoms with Gasteiger partial charge in [-0.2, -0.15) is 8.42 Å². The molecule has 0 aliphatic rings. The van der Waals surface area contributed by atoms with Gasteiger partial charge in [-0.25, -0.2) is 9.97 Å². The van der Waals surface area contributed by atoms with E-state index in [0.717, 1.165) is 0 Å². The highest BCUT2D eigenvalue weighted by molar-refractivity contribution is 7.92. The number of aromatic nitrogens is 3. The second kappa shape index (κ2) is 5.06. The van der Waals surface area contributed by atoms with Gasteiger partial charge in [-0.1, -0.05) is 11.6 Å². The number of hydrogen-bond acceptors (Lipinski definition) is 5. The van der Waals surface area contributed by atoms with Gasteiger partial charge in [-0.15, -0.1) is 0 Å². The minimum absolute atomic E-state index is 0.0533. The number of methoxy groups -OCH3 is 1. The maximum absolute atomic E-state index is 12.1. The molecule has 0 radical (unpaired) electrons. The van der Waals surface area contributed by atoms with Crippen molar-refractivity contribution in [2.45, 2.75) is 5.03 Å². The summed E-state index contributed by atoms with van der Waals surface area (Å²) in [6, 6.07) is 1.46. The molecule has 0 amide bonds. The number of imidazole rings is 1. The first kappa shape index (κ1) is 13.6. The molecule has 0 atom stereocenters. The molecule has 0 aliphatic heterocycles. The molecular weight excluding hydrogens is 292 g/mol. The number of aryl methyl sites for hydroxylation is 1. The summed E-state index contributed by atoms with van der Waals surface area (Å²) in [6.45, 7) is 0. The van der Waals surface area contributed by atoms with Crippen molar-refractivity contribution in [3.8, 4) is 5.75 Å². The number of ether oxygens (including phenoxy) is 1. The molecule has 2 aromatic heterocycles. The quantitative estimate of drug-likeness (QED) is 0.919. The van der Waals surface area contributed by atoms with E-state index >= 15 is 0 Å². The topological polar surface area (TPSA) is 86.1 Å². The van der Waals surface area contributed by atoms with Crippen LogP contribution >= 0.6 is 11.6 Å². The Morgan fingerprint density at radius 2 is 2.16 bits per heavy atom. The zero-order chi connectivity index (χ0) is 14.0. The van der Waals surface area contributed by atoms with Gasteiger partial charge in [0, 0.05) is 25.5 Å². The summed E-state index contributed by atoms with van der Waals surface area (Å²) < 4.78 is 32.9. The lowest BCUT2D eigenvalue weighted by Crippen LogP contribution is -2.15. The summed E-state index contributed by atoms with van der Waals surface area (Å²) in [5.41, 5.74) is 0. The van der Waals surface area contributed by atoms with E-state index in [1.54, 1.807) is 7.05 Å². The Kier molecular flexibility index (Phi) is 3.63. The van der Waals surface area contributed by atoms with Crippen molar-refractivity contribution >= 4 is 27.4 Å². The minimum Gasteiger partial charge on any atom is -0.493 e. The van der Waals surface area contributed by atoms with Gasteiger partial charge in [-0.05, 0) is 0 Å². The van der Waals surface area contributed by atoms with Crippen LogP contribution in [0, 0.1) is 0 Å². The summed E-state index contributed by atoms with van der Waals surface area (Å²) in [7, 11) is -0.737. The highest BCUT2D eigenvalue weighted by atomic mass is 35.5. The number of hydrogen-bond donors (Lipinski definition) is 1. The molecule has 1 N–H and O–H groups in total. The molecule has 0 saturated carbocycles. The molecule has 0 aromatic carbocycles. The summed E-state index contributed by atoms with van der Waals surface area (Å²) >= 11 is 5.75. The number of sulfonamides is 1. The van der Waals surface area contributed by atoms with Gasteiger partial charge in [-0.3, -0.25) is 4.72 Å². The first-order chi connectivity index (χ1) is 8.92. The van der Waals surface area contributed by atoms with Crippen LogP contribution in [-0.4, -0.2) is 30.1 Å².